The first-order valence-electron chi connectivity index (χ1n) is 8.44. The molecule has 24 heavy (non-hydrogen) atoms. The second kappa shape index (κ2) is 10.8. The zero-order valence-electron chi connectivity index (χ0n) is 14.7. The summed E-state index contributed by atoms with van der Waals surface area (Å²) in [7, 11) is 0. The molecule has 1 saturated carbocycles. The van der Waals surface area contributed by atoms with Crippen molar-refractivity contribution < 1.29 is 4.79 Å². The number of hydrogen-bond donors (Lipinski definition) is 2. The minimum Gasteiger partial charge on any atom is -0.370 e. The van der Waals surface area contributed by atoms with Gasteiger partial charge in [0.2, 0.25) is 5.91 Å². The van der Waals surface area contributed by atoms with Crippen molar-refractivity contribution in [2.45, 2.75) is 51.5 Å². The summed E-state index contributed by atoms with van der Waals surface area (Å²) in [5.74, 6) is 0.0208. The zero-order valence-corrected chi connectivity index (χ0v) is 16.3. The van der Waals surface area contributed by atoms with E-state index in [1.54, 1.807) is 0 Å². The molecule has 0 radical (unpaired) electrons. The Bertz CT molecular complexity index is 505. The Morgan fingerprint density at radius 1 is 1.25 bits per heavy atom. The van der Waals surface area contributed by atoms with E-state index in [9.17, 15) is 4.79 Å². The Labute approximate surface area is 158 Å². The first-order valence-corrected chi connectivity index (χ1v) is 8.44. The third-order valence-electron chi connectivity index (χ3n) is 4.61. The van der Waals surface area contributed by atoms with Crippen LogP contribution in [0.1, 0.15) is 44.6 Å². The molecule has 0 aromatic heterocycles. The van der Waals surface area contributed by atoms with Crippen LogP contribution in [0.3, 0.4) is 0 Å². The monoisotopic (exact) mass is 375 g/mol. The maximum atomic E-state index is 12.3. The quantitative estimate of drug-likeness (QED) is 0.800. The van der Waals surface area contributed by atoms with Crippen LogP contribution in [0.15, 0.2) is 24.3 Å². The number of halogens is 2. The molecule has 1 aliphatic rings. The topological polar surface area (TPSA) is 58.4 Å². The van der Waals surface area contributed by atoms with Gasteiger partial charge >= 0.3 is 0 Å². The summed E-state index contributed by atoms with van der Waals surface area (Å²) in [5.41, 5.74) is 8.08. The third-order valence-corrected chi connectivity index (χ3v) is 4.61. The lowest BCUT2D eigenvalue weighted by atomic mass is 9.82. The van der Waals surface area contributed by atoms with Gasteiger partial charge in [-0.15, -0.1) is 24.8 Å². The molecule has 0 aliphatic heterocycles. The normalized spacial score (nSPS) is 15.6. The van der Waals surface area contributed by atoms with Crippen molar-refractivity contribution in [3.63, 3.8) is 0 Å². The minimum absolute atomic E-state index is 0. The molecule has 6 heteroatoms. The number of aryl methyl sites for hydroxylation is 1. The van der Waals surface area contributed by atoms with E-state index in [-0.39, 0.29) is 30.7 Å². The molecule has 1 aliphatic carbocycles. The van der Waals surface area contributed by atoms with Gasteiger partial charge < -0.3 is 16.0 Å². The van der Waals surface area contributed by atoms with Crippen molar-refractivity contribution in [1.82, 2.24) is 5.32 Å². The average molecular weight is 376 g/mol. The molecule has 2 rings (SSSR count). The van der Waals surface area contributed by atoms with Crippen LogP contribution in [0.4, 0.5) is 5.69 Å². The van der Waals surface area contributed by atoms with Gasteiger partial charge in [-0.2, -0.15) is 0 Å². The fourth-order valence-corrected chi connectivity index (χ4v) is 3.18. The molecule has 0 atom stereocenters. The molecule has 4 nitrogen and oxygen atoms in total. The largest absolute Gasteiger partial charge is 0.370 e. The fraction of sp³-hybridized carbons (Fsp3) is 0.611. The number of nitrogens with zero attached hydrogens (tertiary/aromatic N) is 1. The molecule has 1 amide bonds. The Balaban J connectivity index is 0.00000264. The second-order valence-corrected chi connectivity index (χ2v) is 6.39. The fourth-order valence-electron chi connectivity index (χ4n) is 3.18. The van der Waals surface area contributed by atoms with Crippen molar-refractivity contribution in [3.05, 3.63) is 29.8 Å². The highest BCUT2D eigenvalue weighted by Crippen LogP contribution is 2.25. The van der Waals surface area contributed by atoms with Gasteiger partial charge in [-0.05, 0) is 44.4 Å². The number of nitrogens with two attached hydrogens (primary N) is 1. The van der Waals surface area contributed by atoms with Crippen LogP contribution in [0.25, 0.3) is 0 Å². The summed E-state index contributed by atoms with van der Waals surface area (Å²) in [6, 6.07) is 8.46. The smallest absolute Gasteiger partial charge is 0.240 e. The number of rotatable bonds is 6. The highest BCUT2D eigenvalue weighted by molar-refractivity contribution is 5.86. The molecule has 0 saturated heterocycles. The van der Waals surface area contributed by atoms with Gasteiger partial charge in [0.15, 0.2) is 0 Å². The molecule has 138 valence electrons. The predicted octanol–water partition coefficient (Wildman–Crippen LogP) is 3.44. The predicted molar refractivity (Wildman–Crippen MR) is 107 cm³/mol. The van der Waals surface area contributed by atoms with Crippen LogP contribution in [-0.2, 0) is 4.79 Å². The van der Waals surface area contributed by atoms with E-state index < -0.39 is 5.54 Å². The van der Waals surface area contributed by atoms with Crippen molar-refractivity contribution >= 4 is 36.4 Å². The van der Waals surface area contributed by atoms with E-state index in [2.05, 4.69) is 48.3 Å². The van der Waals surface area contributed by atoms with Crippen LogP contribution < -0.4 is 16.0 Å². The van der Waals surface area contributed by atoms with Gasteiger partial charge in [0.1, 0.15) is 0 Å². The van der Waals surface area contributed by atoms with Crippen LogP contribution in [-0.4, -0.2) is 31.1 Å². The SMILES string of the molecule is CCN(CCNC(=O)C1(N)CCCCC1)c1cccc(C)c1.Cl.Cl. The highest BCUT2D eigenvalue weighted by atomic mass is 35.5. The van der Waals surface area contributed by atoms with Crippen molar-refractivity contribution in [2.75, 3.05) is 24.5 Å². The van der Waals surface area contributed by atoms with Crippen molar-refractivity contribution in [3.8, 4) is 0 Å². The lowest BCUT2D eigenvalue weighted by Gasteiger charge is -2.32. The van der Waals surface area contributed by atoms with Crippen LogP contribution in [0.2, 0.25) is 0 Å². The van der Waals surface area contributed by atoms with Gasteiger partial charge in [0.05, 0.1) is 5.54 Å². The maximum Gasteiger partial charge on any atom is 0.240 e. The highest BCUT2D eigenvalue weighted by Gasteiger charge is 2.34. The number of hydrogen-bond acceptors (Lipinski definition) is 3. The molecule has 1 aromatic rings. The van der Waals surface area contributed by atoms with Gasteiger partial charge in [-0.3, -0.25) is 4.79 Å². The van der Waals surface area contributed by atoms with E-state index in [0.717, 1.165) is 38.8 Å². The van der Waals surface area contributed by atoms with Gasteiger partial charge in [0, 0.05) is 25.3 Å². The van der Waals surface area contributed by atoms with Gasteiger partial charge in [-0.1, -0.05) is 31.4 Å². The van der Waals surface area contributed by atoms with Crippen LogP contribution >= 0.6 is 24.8 Å². The summed E-state index contributed by atoms with van der Waals surface area (Å²) in [6.07, 6.45) is 4.95. The Morgan fingerprint density at radius 2 is 1.92 bits per heavy atom. The summed E-state index contributed by atoms with van der Waals surface area (Å²) in [5, 5.41) is 3.04. The molecule has 0 spiro atoms. The molecule has 0 unspecified atom stereocenters. The first kappa shape index (κ1) is 23.0. The number of benzene rings is 1. The first-order chi connectivity index (χ1) is 10.5. The second-order valence-electron chi connectivity index (χ2n) is 6.39. The van der Waals surface area contributed by atoms with E-state index in [0.29, 0.717) is 6.54 Å². The standard InChI is InChI=1S/C18H29N3O.2ClH/c1-3-21(16-9-7-8-15(2)14-16)13-12-20-17(22)18(19)10-5-4-6-11-18;;/h7-9,14H,3-6,10-13,19H2,1-2H3,(H,20,22);2*1H. The number of carbonyl (C=O) groups is 1. The number of carbonyl (C=O) groups excluding carboxylic acids is 1. The number of likely N-dealkylation sites (N-methyl/N-ethyl adjacent to an activating group) is 1. The van der Waals surface area contributed by atoms with Crippen LogP contribution in [0, 0.1) is 6.92 Å². The van der Waals surface area contributed by atoms with Gasteiger partial charge in [-0.25, -0.2) is 0 Å². The molecule has 1 fully saturated rings. The summed E-state index contributed by atoms with van der Waals surface area (Å²) in [4.78, 5) is 14.6. The molecule has 0 bridgehead atoms. The van der Waals surface area contributed by atoms with Crippen molar-refractivity contribution in [2.24, 2.45) is 5.73 Å². The molecule has 3 N–H and O–H groups in total. The Kier molecular flexibility index (Phi) is 10.4. The molecular formula is C18H31Cl2N3O. The average Bonchev–Trinajstić information content (AvgIpc) is 2.52. The summed E-state index contributed by atoms with van der Waals surface area (Å²) >= 11 is 0. The Hall–Kier alpha value is -0.970. The van der Waals surface area contributed by atoms with E-state index >= 15 is 0 Å². The van der Waals surface area contributed by atoms with Crippen LogP contribution in [0.5, 0.6) is 0 Å². The molecular weight excluding hydrogens is 345 g/mol. The van der Waals surface area contributed by atoms with Gasteiger partial charge in [0.25, 0.3) is 0 Å². The lowest BCUT2D eigenvalue weighted by Crippen LogP contribution is -2.55. The van der Waals surface area contributed by atoms with E-state index in [4.69, 9.17) is 5.73 Å². The number of amides is 1. The third kappa shape index (κ3) is 6.15. The minimum atomic E-state index is -0.640. The molecule has 0 heterocycles. The number of nitrogens with one attached hydrogen (secondary N) is 1. The molecule has 1 aromatic carbocycles. The summed E-state index contributed by atoms with van der Waals surface area (Å²) < 4.78 is 0. The number of anilines is 1. The lowest BCUT2D eigenvalue weighted by molar-refractivity contribution is -0.127. The van der Waals surface area contributed by atoms with Crippen molar-refractivity contribution in [1.29, 1.82) is 0 Å². The van der Waals surface area contributed by atoms with E-state index in [1.807, 2.05) is 0 Å². The summed E-state index contributed by atoms with van der Waals surface area (Å²) in [6.45, 7) is 6.60. The zero-order chi connectivity index (χ0) is 16.0. The Morgan fingerprint density at radius 3 is 2.50 bits per heavy atom. The van der Waals surface area contributed by atoms with E-state index in [1.165, 1.54) is 17.7 Å². The maximum absolute atomic E-state index is 12.3.